The van der Waals surface area contributed by atoms with Gasteiger partial charge in [0.1, 0.15) is 6.54 Å². The van der Waals surface area contributed by atoms with Crippen molar-refractivity contribution in [1.29, 1.82) is 0 Å². The van der Waals surface area contributed by atoms with Crippen molar-refractivity contribution < 1.29 is 14.3 Å². The van der Waals surface area contributed by atoms with Gasteiger partial charge in [-0.1, -0.05) is 72.0 Å². The number of benzene rings is 2. The van der Waals surface area contributed by atoms with E-state index in [0.29, 0.717) is 16.8 Å². The van der Waals surface area contributed by atoms with Crippen LogP contribution in [-0.2, 0) is 16.1 Å². The van der Waals surface area contributed by atoms with Crippen LogP contribution in [0.3, 0.4) is 0 Å². The molecule has 1 atom stereocenters. The molecule has 1 heterocycles. The van der Waals surface area contributed by atoms with Crippen LogP contribution in [0.2, 0.25) is 0 Å². The summed E-state index contributed by atoms with van der Waals surface area (Å²) in [7, 11) is 0. The van der Waals surface area contributed by atoms with E-state index in [1.165, 1.54) is 4.57 Å². The van der Waals surface area contributed by atoms with Crippen molar-refractivity contribution in [1.82, 2.24) is 4.57 Å². The van der Waals surface area contributed by atoms with Crippen LogP contribution in [0.5, 0.6) is 0 Å². The fourth-order valence-corrected chi connectivity index (χ4v) is 3.28. The minimum Gasteiger partial charge on any atom is -0.448 e. The second kappa shape index (κ2) is 7.93. The minimum atomic E-state index is -1.05. The van der Waals surface area contributed by atoms with E-state index in [0.717, 1.165) is 11.3 Å². The zero-order valence-corrected chi connectivity index (χ0v) is 14.9. The Labute approximate surface area is 154 Å². The first kappa shape index (κ1) is 17.8. The highest BCUT2D eigenvalue weighted by molar-refractivity contribution is 7.07. The van der Waals surface area contributed by atoms with Crippen LogP contribution in [-0.4, -0.2) is 16.3 Å². The molecule has 3 rings (SSSR count). The van der Waals surface area contributed by atoms with Crippen LogP contribution in [0, 0.1) is 6.92 Å². The Hall–Kier alpha value is -2.99. The van der Waals surface area contributed by atoms with Gasteiger partial charge in [0, 0.05) is 22.2 Å². The van der Waals surface area contributed by atoms with Gasteiger partial charge in [0.05, 0.1) is 0 Å². The number of carbonyl (C=O) groups is 2. The van der Waals surface area contributed by atoms with E-state index < -0.39 is 12.1 Å². The number of thiazole rings is 1. The Balaban J connectivity index is 1.86. The van der Waals surface area contributed by atoms with Gasteiger partial charge in [0.2, 0.25) is 5.78 Å². The summed E-state index contributed by atoms with van der Waals surface area (Å²) in [5.74, 6) is -0.939. The fraction of sp³-hybridized carbons (Fsp3) is 0.150. The van der Waals surface area contributed by atoms with Crippen LogP contribution in [0.25, 0.3) is 0 Å². The summed E-state index contributed by atoms with van der Waals surface area (Å²) in [5.41, 5.74) is 1.73. The molecule has 0 amide bonds. The molecule has 26 heavy (non-hydrogen) atoms. The molecular weight excluding hydrogens is 350 g/mol. The van der Waals surface area contributed by atoms with Gasteiger partial charge in [0.15, 0.2) is 6.10 Å². The summed E-state index contributed by atoms with van der Waals surface area (Å²) in [6, 6.07) is 17.5. The summed E-state index contributed by atoms with van der Waals surface area (Å²) in [5, 5.41) is 1.68. The molecule has 0 saturated carbocycles. The Bertz CT molecular complexity index is 960. The van der Waals surface area contributed by atoms with Crippen molar-refractivity contribution in [3.05, 3.63) is 92.5 Å². The monoisotopic (exact) mass is 367 g/mol. The highest BCUT2D eigenvalue weighted by atomic mass is 32.1. The third-order valence-corrected chi connectivity index (χ3v) is 4.79. The lowest BCUT2D eigenvalue weighted by molar-refractivity contribution is -0.148. The summed E-state index contributed by atoms with van der Waals surface area (Å²) in [4.78, 5) is 36.8. The van der Waals surface area contributed by atoms with Crippen molar-refractivity contribution in [3.8, 4) is 0 Å². The number of esters is 1. The van der Waals surface area contributed by atoms with E-state index in [1.54, 1.807) is 60.8 Å². The summed E-state index contributed by atoms with van der Waals surface area (Å²) in [6.45, 7) is 1.52. The van der Waals surface area contributed by atoms with Gasteiger partial charge >= 0.3 is 10.8 Å². The first-order valence-corrected chi connectivity index (χ1v) is 8.93. The summed E-state index contributed by atoms with van der Waals surface area (Å²) in [6.07, 6.45) is -1.05. The smallest absolute Gasteiger partial charge is 0.327 e. The van der Waals surface area contributed by atoms with Crippen LogP contribution in [0.15, 0.2) is 70.8 Å². The maximum absolute atomic E-state index is 12.9. The molecule has 0 aliphatic rings. The molecule has 0 N–H and O–H groups in total. The number of nitrogens with zero attached hydrogens (tertiary/aromatic N) is 1. The second-order valence-corrected chi connectivity index (χ2v) is 6.56. The molecule has 0 bridgehead atoms. The summed E-state index contributed by atoms with van der Waals surface area (Å²) >= 11 is 1.02. The predicted octanol–water partition coefficient (Wildman–Crippen LogP) is 3.39. The molecule has 2 aromatic carbocycles. The van der Waals surface area contributed by atoms with Crippen LogP contribution in [0.4, 0.5) is 0 Å². The molecule has 0 aliphatic heterocycles. The van der Waals surface area contributed by atoms with Gasteiger partial charge in [-0.3, -0.25) is 19.0 Å². The molecule has 0 radical (unpaired) electrons. The van der Waals surface area contributed by atoms with Crippen LogP contribution < -0.4 is 4.87 Å². The molecule has 0 aliphatic carbocycles. The van der Waals surface area contributed by atoms with E-state index in [9.17, 15) is 14.4 Å². The van der Waals surface area contributed by atoms with E-state index >= 15 is 0 Å². The quantitative estimate of drug-likeness (QED) is 0.495. The Morgan fingerprint density at radius 2 is 1.65 bits per heavy atom. The predicted molar refractivity (Wildman–Crippen MR) is 99.4 cm³/mol. The number of rotatable bonds is 6. The molecule has 0 unspecified atom stereocenters. The highest BCUT2D eigenvalue weighted by Crippen LogP contribution is 2.23. The SMILES string of the molecule is Cc1csc(=O)n1CC(=O)O[C@H](C(=O)c1ccccc1)c1ccccc1. The van der Waals surface area contributed by atoms with Crippen LogP contribution in [0.1, 0.15) is 27.7 Å². The first-order valence-electron chi connectivity index (χ1n) is 8.05. The lowest BCUT2D eigenvalue weighted by Gasteiger charge is -2.18. The lowest BCUT2D eigenvalue weighted by Crippen LogP contribution is -2.26. The van der Waals surface area contributed by atoms with Gasteiger partial charge in [-0.2, -0.15) is 0 Å². The zero-order chi connectivity index (χ0) is 18.5. The van der Waals surface area contributed by atoms with Crippen molar-refractivity contribution in [3.63, 3.8) is 0 Å². The van der Waals surface area contributed by atoms with Crippen LogP contribution >= 0.6 is 11.3 Å². The zero-order valence-electron chi connectivity index (χ0n) is 14.1. The maximum Gasteiger partial charge on any atom is 0.327 e. The lowest BCUT2D eigenvalue weighted by atomic mass is 10.00. The third-order valence-electron chi connectivity index (χ3n) is 3.91. The average Bonchev–Trinajstić information content (AvgIpc) is 2.99. The van der Waals surface area contributed by atoms with Crippen molar-refractivity contribution >= 4 is 23.1 Å². The average molecular weight is 367 g/mol. The number of hydrogen-bond donors (Lipinski definition) is 0. The van der Waals surface area contributed by atoms with Crippen molar-refractivity contribution in [2.24, 2.45) is 0 Å². The molecule has 0 spiro atoms. The van der Waals surface area contributed by atoms with E-state index in [2.05, 4.69) is 0 Å². The van der Waals surface area contributed by atoms with E-state index in [-0.39, 0.29) is 17.2 Å². The van der Waals surface area contributed by atoms with Gasteiger partial charge in [0.25, 0.3) is 0 Å². The number of Topliss-reactive ketones (excluding diaryl/α,β-unsaturated/α-hetero) is 1. The molecule has 3 aromatic rings. The van der Waals surface area contributed by atoms with Gasteiger partial charge < -0.3 is 4.74 Å². The summed E-state index contributed by atoms with van der Waals surface area (Å²) < 4.78 is 6.83. The number of aromatic nitrogens is 1. The fourth-order valence-electron chi connectivity index (χ4n) is 2.55. The Morgan fingerprint density at radius 1 is 1.04 bits per heavy atom. The molecule has 0 fully saturated rings. The molecule has 0 saturated heterocycles. The van der Waals surface area contributed by atoms with E-state index in [4.69, 9.17) is 4.74 Å². The maximum atomic E-state index is 12.9. The molecule has 132 valence electrons. The molecular formula is C20H17NO4S. The van der Waals surface area contributed by atoms with E-state index in [1.807, 2.05) is 12.1 Å². The number of ether oxygens (including phenoxy) is 1. The molecule has 6 heteroatoms. The second-order valence-electron chi connectivity index (χ2n) is 5.74. The molecule has 5 nitrogen and oxygen atoms in total. The van der Waals surface area contributed by atoms with Crippen molar-refractivity contribution in [2.45, 2.75) is 19.6 Å². The number of hydrogen-bond acceptors (Lipinski definition) is 5. The van der Waals surface area contributed by atoms with Gasteiger partial charge in [-0.25, -0.2) is 0 Å². The normalized spacial score (nSPS) is 11.7. The number of ketones is 1. The molecule has 1 aromatic heterocycles. The van der Waals surface area contributed by atoms with Gasteiger partial charge in [-0.05, 0) is 6.92 Å². The standard InChI is InChI=1S/C20H17NO4S/c1-14-13-26-20(24)21(14)12-17(22)25-19(16-10-6-3-7-11-16)18(23)15-8-4-2-5-9-15/h2-11,13,19H,12H2,1H3/t19-/m0/s1. The largest absolute Gasteiger partial charge is 0.448 e. The highest BCUT2D eigenvalue weighted by Gasteiger charge is 2.26. The number of carbonyl (C=O) groups excluding carboxylic acids is 2. The first-order chi connectivity index (χ1) is 12.6. The van der Waals surface area contributed by atoms with Crippen molar-refractivity contribution in [2.75, 3.05) is 0 Å². The Morgan fingerprint density at radius 3 is 2.23 bits per heavy atom. The Kier molecular flexibility index (Phi) is 5.43. The van der Waals surface area contributed by atoms with Gasteiger partial charge in [-0.15, -0.1) is 0 Å². The minimum absolute atomic E-state index is 0.223. The topological polar surface area (TPSA) is 65.4 Å². The number of aryl methyl sites for hydroxylation is 1. The third kappa shape index (κ3) is 3.97.